The molecule has 1 saturated heterocycles. The molecule has 16 nitrogen and oxygen atoms in total. The first-order chi connectivity index (χ1) is 25.0. The third-order valence-corrected chi connectivity index (χ3v) is 11.3. The minimum absolute atomic E-state index is 0.0947. The van der Waals surface area contributed by atoms with Crippen molar-refractivity contribution in [3.63, 3.8) is 0 Å². The van der Waals surface area contributed by atoms with E-state index in [1.54, 1.807) is 26.8 Å². The van der Waals surface area contributed by atoms with Crippen LogP contribution in [0.5, 0.6) is 0 Å². The number of benzene rings is 1. The molecule has 5 amide bonds. The lowest BCUT2D eigenvalue weighted by molar-refractivity contribution is -0.141. The zero-order valence-corrected chi connectivity index (χ0v) is 31.0. The number of rotatable bonds is 6. The lowest BCUT2D eigenvalue weighted by atomic mass is 10.0. The maximum absolute atomic E-state index is 14.3. The Morgan fingerprint density at radius 1 is 1.06 bits per heavy atom. The summed E-state index contributed by atoms with van der Waals surface area (Å²) in [6, 6.07) is 7.24. The van der Waals surface area contributed by atoms with Gasteiger partial charge in [0.2, 0.25) is 11.8 Å². The molecule has 0 aromatic heterocycles. The van der Waals surface area contributed by atoms with Gasteiger partial charge in [0.15, 0.2) is 0 Å². The van der Waals surface area contributed by atoms with E-state index >= 15 is 0 Å². The zero-order chi connectivity index (χ0) is 38.2. The fourth-order valence-electron chi connectivity index (χ4n) is 7.15. The third kappa shape index (κ3) is 8.93. The Bertz CT molecular complexity index is 1810. The number of hydrogen-bond donors (Lipinski definition) is 4. The van der Waals surface area contributed by atoms with Crippen molar-refractivity contribution in [3.8, 4) is 6.07 Å². The van der Waals surface area contributed by atoms with Crippen molar-refractivity contribution in [2.45, 2.75) is 127 Å². The van der Waals surface area contributed by atoms with Gasteiger partial charge in [0.25, 0.3) is 5.91 Å². The largest absolute Gasteiger partial charge is 0.444 e. The molecular formula is C36H47N7O9S. The molecule has 4 N–H and O–H groups in total. The van der Waals surface area contributed by atoms with Gasteiger partial charge in [0, 0.05) is 25.4 Å². The molecular weight excluding hydrogens is 707 g/mol. The second kappa shape index (κ2) is 14.6. The molecule has 3 aliphatic heterocycles. The summed E-state index contributed by atoms with van der Waals surface area (Å²) in [6.45, 7) is 5.62. The molecule has 1 aromatic carbocycles. The number of allylic oxidation sites excluding steroid dienone is 1. The van der Waals surface area contributed by atoms with Crippen molar-refractivity contribution >= 4 is 40.1 Å². The third-order valence-electron chi connectivity index (χ3n) is 10.2. The fraction of sp³-hybridized carbons (Fsp3) is 0.611. The van der Waals surface area contributed by atoms with Crippen molar-refractivity contribution in [2.24, 2.45) is 5.92 Å². The Hall–Kier alpha value is -4.69. The first kappa shape index (κ1) is 38.0. The molecule has 53 heavy (non-hydrogen) atoms. The average Bonchev–Trinajstić information content (AvgIpc) is 3.88. The van der Waals surface area contributed by atoms with Crippen molar-refractivity contribution in [1.29, 1.82) is 5.26 Å². The van der Waals surface area contributed by atoms with E-state index in [1.807, 2.05) is 41.1 Å². The van der Waals surface area contributed by atoms with Crippen LogP contribution in [-0.2, 0) is 47.2 Å². The molecule has 17 heteroatoms. The van der Waals surface area contributed by atoms with Gasteiger partial charge in [-0.05, 0) is 70.4 Å². The normalized spacial score (nSPS) is 28.7. The Morgan fingerprint density at radius 2 is 1.75 bits per heavy atom. The van der Waals surface area contributed by atoms with Crippen LogP contribution in [0, 0.1) is 17.2 Å². The number of ether oxygens (including phenoxy) is 2. The summed E-state index contributed by atoms with van der Waals surface area (Å²) in [5.41, 5.74) is -1.80. The van der Waals surface area contributed by atoms with Crippen LogP contribution in [0.1, 0.15) is 89.7 Å². The SMILES string of the molecule is CC(C)(C)OC(=O)N[C@H]1CCCCC/C=C\[C@H]2C[C@@]2(C(=O)NS(=O)(=O)NC2(C#N)CC2)NC(=O)[C@@H]2C[C@@H](OC(=O)N3Cc4ccccc4C3)CN2C1=O. The standard InChI is InChI=1S/C36H47N7O9S/c1-34(2,3)52-32(47)38-27-14-8-6-4-5-7-13-25-18-36(25,31(46)40-53(49,50)41-35(22-37)15-16-35)39-29(44)28-17-26(21-43(28)30(27)45)51-33(48)42-19-23-11-9-10-12-24(23)20-42/h7,9-13,25-28,41H,4-6,8,14-21H2,1-3H3,(H,38,47)(H,39,44)(H,40,46)/b13-7-/t25-,26+,27-,28-,36+/m0/s1. The summed E-state index contributed by atoms with van der Waals surface area (Å²) in [5, 5.41) is 14.8. The number of carbonyl (C=O) groups excluding carboxylic acids is 5. The molecule has 0 bridgehead atoms. The van der Waals surface area contributed by atoms with E-state index < -0.39 is 80.9 Å². The van der Waals surface area contributed by atoms with Gasteiger partial charge in [-0.2, -0.15) is 18.4 Å². The highest BCUT2D eigenvalue weighted by Crippen LogP contribution is 2.46. The first-order valence-corrected chi connectivity index (χ1v) is 19.6. The van der Waals surface area contributed by atoms with Crippen molar-refractivity contribution in [2.75, 3.05) is 6.54 Å². The number of nitriles is 1. The second-order valence-electron chi connectivity index (χ2n) is 15.6. The second-order valence-corrected chi connectivity index (χ2v) is 17.1. The van der Waals surface area contributed by atoms with Crippen LogP contribution < -0.4 is 20.1 Å². The smallest absolute Gasteiger partial charge is 0.410 e. The summed E-state index contributed by atoms with van der Waals surface area (Å²) in [5.74, 6) is -2.86. The summed E-state index contributed by atoms with van der Waals surface area (Å²) in [7, 11) is -4.47. The summed E-state index contributed by atoms with van der Waals surface area (Å²) in [4.78, 5) is 71.4. The van der Waals surface area contributed by atoms with Gasteiger partial charge in [-0.25, -0.2) is 14.3 Å². The number of alkyl carbamates (subject to hydrolysis) is 1. The Morgan fingerprint density at radius 3 is 2.40 bits per heavy atom. The fourth-order valence-corrected chi connectivity index (χ4v) is 8.39. The van der Waals surface area contributed by atoms with Gasteiger partial charge in [-0.3, -0.25) is 19.3 Å². The van der Waals surface area contributed by atoms with E-state index in [9.17, 15) is 37.7 Å². The van der Waals surface area contributed by atoms with Gasteiger partial charge in [0.1, 0.15) is 34.9 Å². The van der Waals surface area contributed by atoms with Crippen molar-refractivity contribution in [1.82, 2.24) is 29.9 Å². The topological polar surface area (TPSA) is 216 Å². The quantitative estimate of drug-likeness (QED) is 0.311. The molecule has 2 aliphatic carbocycles. The van der Waals surface area contributed by atoms with Crippen LogP contribution in [0.2, 0.25) is 0 Å². The predicted molar refractivity (Wildman–Crippen MR) is 188 cm³/mol. The van der Waals surface area contributed by atoms with E-state index in [-0.39, 0.29) is 25.8 Å². The lowest BCUT2D eigenvalue weighted by Crippen LogP contribution is -2.59. The zero-order valence-electron chi connectivity index (χ0n) is 30.2. The molecule has 5 aliphatic rings. The highest BCUT2D eigenvalue weighted by Gasteiger charge is 2.62. The summed E-state index contributed by atoms with van der Waals surface area (Å²) in [6.07, 6.45) is 4.84. The lowest BCUT2D eigenvalue weighted by Gasteiger charge is -2.30. The van der Waals surface area contributed by atoms with Crippen molar-refractivity contribution in [3.05, 3.63) is 47.5 Å². The molecule has 0 spiro atoms. The van der Waals surface area contributed by atoms with E-state index in [1.165, 1.54) is 9.80 Å². The molecule has 0 unspecified atom stereocenters. The molecule has 6 rings (SSSR count). The number of carbonyl (C=O) groups is 5. The van der Waals surface area contributed by atoms with E-state index in [4.69, 9.17) is 9.47 Å². The minimum Gasteiger partial charge on any atom is -0.444 e. The van der Waals surface area contributed by atoms with Crippen LogP contribution >= 0.6 is 0 Å². The number of amides is 5. The number of hydrogen-bond acceptors (Lipinski definition) is 10. The van der Waals surface area contributed by atoms with Crippen LogP contribution in [0.4, 0.5) is 9.59 Å². The summed E-state index contributed by atoms with van der Waals surface area (Å²) < 4.78 is 41.4. The maximum Gasteiger partial charge on any atom is 0.410 e. The van der Waals surface area contributed by atoms with Gasteiger partial charge < -0.3 is 25.0 Å². The molecule has 1 aromatic rings. The van der Waals surface area contributed by atoms with E-state index in [0.29, 0.717) is 45.2 Å². The molecule has 3 fully saturated rings. The Balaban J connectivity index is 1.25. The van der Waals surface area contributed by atoms with Crippen molar-refractivity contribution < 1.29 is 41.9 Å². The Labute approximate surface area is 309 Å². The van der Waals surface area contributed by atoms with Crippen LogP contribution in [-0.4, -0.2) is 89.5 Å². The summed E-state index contributed by atoms with van der Waals surface area (Å²) >= 11 is 0. The van der Waals surface area contributed by atoms with Gasteiger partial charge in [0.05, 0.1) is 12.6 Å². The van der Waals surface area contributed by atoms with E-state index in [0.717, 1.165) is 17.5 Å². The number of fused-ring (bicyclic) bond motifs is 3. The molecule has 5 atom stereocenters. The highest BCUT2D eigenvalue weighted by molar-refractivity contribution is 7.88. The Kier molecular flexibility index (Phi) is 10.5. The minimum atomic E-state index is -4.47. The molecule has 286 valence electrons. The molecule has 0 radical (unpaired) electrons. The van der Waals surface area contributed by atoms with Gasteiger partial charge in [-0.15, -0.1) is 0 Å². The monoisotopic (exact) mass is 753 g/mol. The first-order valence-electron chi connectivity index (χ1n) is 18.1. The number of nitrogens with zero attached hydrogens (tertiary/aromatic N) is 3. The predicted octanol–water partition coefficient (Wildman–Crippen LogP) is 2.40. The van der Waals surface area contributed by atoms with E-state index in [2.05, 4.69) is 15.4 Å². The van der Waals surface area contributed by atoms with Gasteiger partial charge in [-0.1, -0.05) is 49.3 Å². The van der Waals surface area contributed by atoms with Crippen LogP contribution in [0.25, 0.3) is 0 Å². The molecule has 2 saturated carbocycles. The van der Waals surface area contributed by atoms with Crippen LogP contribution in [0.15, 0.2) is 36.4 Å². The molecule has 3 heterocycles. The highest BCUT2D eigenvalue weighted by atomic mass is 32.2. The maximum atomic E-state index is 14.3. The van der Waals surface area contributed by atoms with Gasteiger partial charge >= 0.3 is 22.4 Å². The average molecular weight is 754 g/mol. The van der Waals surface area contributed by atoms with Crippen LogP contribution in [0.3, 0.4) is 0 Å². The number of nitrogens with one attached hydrogen (secondary N) is 4.